The van der Waals surface area contributed by atoms with E-state index >= 15 is 0 Å². The van der Waals surface area contributed by atoms with E-state index in [1.807, 2.05) is 0 Å². The van der Waals surface area contributed by atoms with Crippen LogP contribution < -0.4 is 5.73 Å². The Balaban J connectivity index is 2.71. The maximum Gasteiger partial charge on any atom is 0.0250 e. The van der Waals surface area contributed by atoms with Gasteiger partial charge < -0.3 is 5.73 Å². The van der Waals surface area contributed by atoms with E-state index in [0.29, 0.717) is 17.5 Å². The number of likely N-dealkylation sites (N-methyl/N-ethyl adjacent to an activating group) is 1. The van der Waals surface area contributed by atoms with Crippen LogP contribution in [0.1, 0.15) is 60.8 Å². The second-order valence-electron chi connectivity index (χ2n) is 7.59. The first kappa shape index (κ1) is 16.0. The molecule has 0 aromatic carbocycles. The molecule has 0 heterocycles. The minimum Gasteiger partial charge on any atom is -0.326 e. The molecule has 2 nitrogen and oxygen atoms in total. The number of nitrogens with two attached hydrogens (primary N) is 1. The fourth-order valence-corrected chi connectivity index (χ4v) is 3.34. The molecule has 3 unspecified atom stereocenters. The summed E-state index contributed by atoms with van der Waals surface area (Å²) in [5.74, 6) is 1.55. The topological polar surface area (TPSA) is 29.3 Å². The Bertz CT molecular complexity index is 242. The molecule has 2 N–H and O–H groups in total. The van der Waals surface area contributed by atoms with Gasteiger partial charge in [-0.25, -0.2) is 0 Å². The van der Waals surface area contributed by atoms with E-state index in [1.54, 1.807) is 0 Å². The van der Waals surface area contributed by atoms with Crippen LogP contribution in [0.5, 0.6) is 0 Å². The van der Waals surface area contributed by atoms with Crippen LogP contribution in [0.4, 0.5) is 0 Å². The fourth-order valence-electron chi connectivity index (χ4n) is 3.34. The van der Waals surface area contributed by atoms with E-state index in [-0.39, 0.29) is 0 Å². The van der Waals surface area contributed by atoms with Gasteiger partial charge in [-0.3, -0.25) is 4.90 Å². The molecule has 0 amide bonds. The molecule has 0 bridgehead atoms. The van der Waals surface area contributed by atoms with Gasteiger partial charge in [0.1, 0.15) is 0 Å². The number of hydrogen-bond donors (Lipinski definition) is 1. The molecule has 0 aromatic rings. The first-order valence-corrected chi connectivity index (χ1v) is 7.75. The molecule has 0 radical (unpaired) electrons. The first-order valence-electron chi connectivity index (χ1n) is 7.75. The molecule has 18 heavy (non-hydrogen) atoms. The molecule has 0 aliphatic heterocycles. The van der Waals surface area contributed by atoms with Crippen molar-refractivity contribution >= 4 is 0 Å². The van der Waals surface area contributed by atoms with E-state index in [9.17, 15) is 0 Å². The van der Waals surface area contributed by atoms with Crippen LogP contribution in [0.2, 0.25) is 0 Å². The second kappa shape index (κ2) is 6.38. The van der Waals surface area contributed by atoms with Crippen LogP contribution in [-0.2, 0) is 0 Å². The Labute approximate surface area is 114 Å². The summed E-state index contributed by atoms with van der Waals surface area (Å²) in [5, 5.41) is 0. The van der Waals surface area contributed by atoms with Crippen molar-refractivity contribution in [3.63, 3.8) is 0 Å². The molecule has 0 saturated heterocycles. The summed E-state index contributed by atoms with van der Waals surface area (Å²) in [5.41, 5.74) is 6.82. The van der Waals surface area contributed by atoms with Gasteiger partial charge in [0.2, 0.25) is 0 Å². The monoisotopic (exact) mass is 254 g/mol. The predicted molar refractivity (Wildman–Crippen MR) is 80.6 cm³/mol. The lowest BCUT2D eigenvalue weighted by molar-refractivity contribution is 0.0656. The van der Waals surface area contributed by atoms with E-state index in [0.717, 1.165) is 18.4 Å². The molecule has 0 aromatic heterocycles. The van der Waals surface area contributed by atoms with Crippen LogP contribution in [0.15, 0.2) is 0 Å². The zero-order valence-corrected chi connectivity index (χ0v) is 13.4. The molecule has 1 aliphatic carbocycles. The van der Waals surface area contributed by atoms with Crippen molar-refractivity contribution in [2.75, 3.05) is 13.1 Å². The van der Waals surface area contributed by atoms with Gasteiger partial charge in [-0.2, -0.15) is 0 Å². The lowest BCUT2D eigenvalue weighted by atomic mass is 9.69. The van der Waals surface area contributed by atoms with Crippen molar-refractivity contribution in [1.82, 2.24) is 4.90 Å². The molecule has 1 fully saturated rings. The van der Waals surface area contributed by atoms with Crippen LogP contribution in [0.3, 0.4) is 0 Å². The lowest BCUT2D eigenvalue weighted by Crippen LogP contribution is -2.53. The van der Waals surface area contributed by atoms with Crippen molar-refractivity contribution in [3.05, 3.63) is 0 Å². The fraction of sp³-hybridized carbons (Fsp3) is 1.00. The molecule has 3 atom stereocenters. The van der Waals surface area contributed by atoms with Gasteiger partial charge in [0, 0.05) is 18.6 Å². The number of hydrogen-bond acceptors (Lipinski definition) is 2. The minimum atomic E-state index is 0.377. The average Bonchev–Trinajstić information content (AvgIpc) is 2.25. The number of nitrogens with zero attached hydrogens (tertiary/aromatic N) is 1. The summed E-state index contributed by atoms with van der Waals surface area (Å²) >= 11 is 0. The van der Waals surface area contributed by atoms with Gasteiger partial charge in [-0.1, -0.05) is 41.5 Å². The SMILES string of the molecule is CCN(CC(C)C)C1CC(C(C)(C)C)CCC1N. The van der Waals surface area contributed by atoms with Gasteiger partial charge in [0.15, 0.2) is 0 Å². The Morgan fingerprint density at radius 1 is 1.22 bits per heavy atom. The summed E-state index contributed by atoms with van der Waals surface area (Å²) in [6.45, 7) is 16.3. The van der Waals surface area contributed by atoms with Crippen LogP contribution >= 0.6 is 0 Å². The summed E-state index contributed by atoms with van der Waals surface area (Å²) in [6.07, 6.45) is 3.78. The average molecular weight is 254 g/mol. The largest absolute Gasteiger partial charge is 0.326 e. The van der Waals surface area contributed by atoms with Gasteiger partial charge >= 0.3 is 0 Å². The Morgan fingerprint density at radius 3 is 2.28 bits per heavy atom. The van der Waals surface area contributed by atoms with Crippen LogP contribution in [0.25, 0.3) is 0 Å². The van der Waals surface area contributed by atoms with E-state index in [1.165, 1.54) is 25.8 Å². The summed E-state index contributed by atoms with van der Waals surface area (Å²) in [4.78, 5) is 2.62. The Hall–Kier alpha value is -0.0800. The van der Waals surface area contributed by atoms with Crippen molar-refractivity contribution < 1.29 is 0 Å². The van der Waals surface area contributed by atoms with Gasteiger partial charge in [-0.05, 0) is 43.1 Å². The third-order valence-electron chi connectivity index (χ3n) is 4.57. The second-order valence-corrected chi connectivity index (χ2v) is 7.59. The molecular formula is C16H34N2. The third-order valence-corrected chi connectivity index (χ3v) is 4.57. The van der Waals surface area contributed by atoms with Crippen LogP contribution in [0, 0.1) is 17.3 Å². The van der Waals surface area contributed by atoms with Crippen molar-refractivity contribution in [3.8, 4) is 0 Å². The smallest absolute Gasteiger partial charge is 0.0250 e. The number of rotatable bonds is 4. The van der Waals surface area contributed by atoms with Gasteiger partial charge in [-0.15, -0.1) is 0 Å². The molecule has 1 aliphatic rings. The Kier molecular flexibility index (Phi) is 5.67. The quantitative estimate of drug-likeness (QED) is 0.832. The van der Waals surface area contributed by atoms with Crippen molar-refractivity contribution in [1.29, 1.82) is 0 Å². The zero-order chi connectivity index (χ0) is 13.9. The standard InChI is InChI=1S/C16H34N2/c1-7-18(11-12(2)3)15-10-13(16(4,5)6)8-9-14(15)17/h12-15H,7-11,17H2,1-6H3. The Morgan fingerprint density at radius 2 is 1.83 bits per heavy atom. The molecule has 0 spiro atoms. The highest BCUT2D eigenvalue weighted by Crippen LogP contribution is 2.39. The minimum absolute atomic E-state index is 0.377. The highest BCUT2D eigenvalue weighted by atomic mass is 15.2. The highest BCUT2D eigenvalue weighted by Gasteiger charge is 2.36. The van der Waals surface area contributed by atoms with Crippen LogP contribution in [-0.4, -0.2) is 30.1 Å². The van der Waals surface area contributed by atoms with Gasteiger partial charge in [0.25, 0.3) is 0 Å². The lowest BCUT2D eigenvalue weighted by Gasteiger charge is -2.45. The maximum atomic E-state index is 6.40. The zero-order valence-electron chi connectivity index (χ0n) is 13.4. The molecule has 1 rings (SSSR count). The molecular weight excluding hydrogens is 220 g/mol. The molecule has 108 valence electrons. The first-order chi connectivity index (χ1) is 8.25. The van der Waals surface area contributed by atoms with Crippen molar-refractivity contribution in [2.45, 2.75) is 72.9 Å². The van der Waals surface area contributed by atoms with Crippen molar-refractivity contribution in [2.24, 2.45) is 23.0 Å². The maximum absolute atomic E-state index is 6.40. The highest BCUT2D eigenvalue weighted by molar-refractivity contribution is 4.92. The summed E-state index contributed by atoms with van der Waals surface area (Å²) in [6, 6.07) is 0.970. The van der Waals surface area contributed by atoms with Gasteiger partial charge in [0.05, 0.1) is 0 Å². The molecule has 1 saturated carbocycles. The van der Waals surface area contributed by atoms with E-state index in [2.05, 4.69) is 46.4 Å². The third kappa shape index (κ3) is 4.24. The normalized spacial score (nSPS) is 30.2. The summed E-state index contributed by atoms with van der Waals surface area (Å²) in [7, 11) is 0. The summed E-state index contributed by atoms with van der Waals surface area (Å²) < 4.78 is 0. The van der Waals surface area contributed by atoms with E-state index in [4.69, 9.17) is 5.73 Å². The molecule has 2 heteroatoms. The van der Waals surface area contributed by atoms with E-state index < -0.39 is 0 Å². The predicted octanol–water partition coefficient (Wildman–Crippen LogP) is 3.51.